The number of aliphatic hydroxyl groups is 1. The van der Waals surface area contributed by atoms with Gasteiger partial charge in [0.25, 0.3) is 10.1 Å². The van der Waals surface area contributed by atoms with Crippen molar-refractivity contribution >= 4 is 16.2 Å². The maximum absolute atomic E-state index is 12.2. The minimum absolute atomic E-state index is 0.0661. The van der Waals surface area contributed by atoms with Gasteiger partial charge in [-0.1, -0.05) is 0 Å². The summed E-state index contributed by atoms with van der Waals surface area (Å²) < 4.78 is 32.7. The molecule has 1 rings (SSSR count). The zero-order valence-corrected chi connectivity index (χ0v) is 14.2. The molecule has 7 nitrogen and oxygen atoms in total. The minimum atomic E-state index is -3.62. The molecule has 1 fully saturated rings. The highest BCUT2D eigenvalue weighted by molar-refractivity contribution is 7.86. The van der Waals surface area contributed by atoms with Crippen LogP contribution in [0.3, 0.4) is 0 Å². The van der Waals surface area contributed by atoms with Crippen molar-refractivity contribution in [1.29, 1.82) is 0 Å². The molecule has 1 aliphatic heterocycles. The van der Waals surface area contributed by atoms with Crippen molar-refractivity contribution < 1.29 is 27.2 Å². The second kappa shape index (κ2) is 5.73. The van der Waals surface area contributed by atoms with Crippen LogP contribution in [0.15, 0.2) is 0 Å². The number of hydrogen-bond acceptors (Lipinski definition) is 6. The molecule has 1 amide bonds. The van der Waals surface area contributed by atoms with Crippen molar-refractivity contribution in [3.8, 4) is 0 Å². The van der Waals surface area contributed by atoms with Gasteiger partial charge in [0.1, 0.15) is 5.60 Å². The molecule has 0 aromatic carbocycles. The Morgan fingerprint density at radius 3 is 2.14 bits per heavy atom. The van der Waals surface area contributed by atoms with E-state index in [1.807, 2.05) is 0 Å². The van der Waals surface area contributed by atoms with E-state index >= 15 is 0 Å². The van der Waals surface area contributed by atoms with Gasteiger partial charge < -0.3 is 9.84 Å². The summed E-state index contributed by atoms with van der Waals surface area (Å²) in [7, 11) is -3.62. The Balaban J connectivity index is 2.91. The van der Waals surface area contributed by atoms with Gasteiger partial charge in [0.15, 0.2) is 0 Å². The fraction of sp³-hybridized carbons (Fsp3) is 0.923. The lowest BCUT2D eigenvalue weighted by molar-refractivity contribution is -0.0240. The van der Waals surface area contributed by atoms with Crippen molar-refractivity contribution in [3.05, 3.63) is 0 Å². The maximum atomic E-state index is 12.2. The molecule has 0 aromatic heterocycles. The number of carbonyl (C=O) groups excluding carboxylic acids is 1. The Labute approximate surface area is 126 Å². The third-order valence-corrected chi connectivity index (χ3v) is 3.64. The molecule has 1 heterocycles. The van der Waals surface area contributed by atoms with Crippen LogP contribution in [0.1, 0.15) is 41.0 Å². The molecular formula is C13H25NO6S. The molecular weight excluding hydrogens is 298 g/mol. The Hall–Kier alpha value is -0.860. The van der Waals surface area contributed by atoms with Crippen molar-refractivity contribution in [3.63, 3.8) is 0 Å². The number of ether oxygens (including phenoxy) is 1. The summed E-state index contributed by atoms with van der Waals surface area (Å²) in [5, 5.41) is 10.2. The van der Waals surface area contributed by atoms with Crippen LogP contribution >= 0.6 is 0 Å². The van der Waals surface area contributed by atoms with Crippen molar-refractivity contribution in [2.45, 2.75) is 64.4 Å². The summed E-state index contributed by atoms with van der Waals surface area (Å²) in [6.45, 7) is 8.42. The van der Waals surface area contributed by atoms with Gasteiger partial charge in [-0.05, 0) is 34.6 Å². The molecule has 1 saturated heterocycles. The standard InChI is InChI=1S/C13H25NO6S/c1-12(2,3)19-11(15)14-8-9(20-21(6,17)18)7-10(14)13(4,5)16/h9-10,16H,7-8H2,1-6H3/t9-,10+/m1/s1. The average molecular weight is 323 g/mol. The first kappa shape index (κ1) is 18.2. The monoisotopic (exact) mass is 323 g/mol. The Morgan fingerprint density at radius 2 is 1.76 bits per heavy atom. The van der Waals surface area contributed by atoms with Gasteiger partial charge in [-0.2, -0.15) is 8.42 Å². The number of amides is 1. The smallest absolute Gasteiger partial charge is 0.410 e. The van der Waals surface area contributed by atoms with E-state index in [1.165, 1.54) is 4.90 Å². The molecule has 1 N–H and O–H groups in total. The predicted molar refractivity (Wildman–Crippen MR) is 77.4 cm³/mol. The fourth-order valence-electron chi connectivity index (χ4n) is 2.31. The van der Waals surface area contributed by atoms with Crippen molar-refractivity contribution in [2.75, 3.05) is 12.8 Å². The van der Waals surface area contributed by atoms with Crippen LogP contribution in [0, 0.1) is 0 Å². The van der Waals surface area contributed by atoms with E-state index in [1.54, 1.807) is 34.6 Å². The Kier molecular flexibility index (Phi) is 4.97. The van der Waals surface area contributed by atoms with Gasteiger partial charge in [-0.3, -0.25) is 9.08 Å². The molecule has 0 spiro atoms. The third-order valence-electron chi connectivity index (χ3n) is 3.02. The summed E-state index contributed by atoms with van der Waals surface area (Å²) in [5.41, 5.74) is -1.86. The second-order valence-corrected chi connectivity index (χ2v) is 8.56. The van der Waals surface area contributed by atoms with E-state index in [9.17, 15) is 18.3 Å². The number of hydrogen-bond donors (Lipinski definition) is 1. The maximum Gasteiger partial charge on any atom is 0.410 e. The van der Waals surface area contributed by atoms with Crippen LogP contribution in [-0.4, -0.2) is 60.7 Å². The van der Waals surface area contributed by atoms with E-state index in [0.29, 0.717) is 0 Å². The van der Waals surface area contributed by atoms with Gasteiger partial charge in [-0.25, -0.2) is 4.79 Å². The molecule has 124 valence electrons. The molecule has 21 heavy (non-hydrogen) atoms. The number of rotatable bonds is 3. The lowest BCUT2D eigenvalue weighted by Gasteiger charge is -2.34. The quantitative estimate of drug-likeness (QED) is 0.782. The molecule has 2 atom stereocenters. The van der Waals surface area contributed by atoms with E-state index in [-0.39, 0.29) is 13.0 Å². The Morgan fingerprint density at radius 1 is 1.24 bits per heavy atom. The summed E-state index contributed by atoms with van der Waals surface area (Å²) in [5.74, 6) is 0. The van der Waals surface area contributed by atoms with Gasteiger partial charge in [0.2, 0.25) is 0 Å². The first-order valence-electron chi connectivity index (χ1n) is 6.79. The van der Waals surface area contributed by atoms with Crippen LogP contribution in [0.25, 0.3) is 0 Å². The molecule has 8 heteroatoms. The van der Waals surface area contributed by atoms with E-state index in [4.69, 9.17) is 8.92 Å². The van der Waals surface area contributed by atoms with Crippen LogP contribution in [-0.2, 0) is 19.0 Å². The fourth-order valence-corrected chi connectivity index (χ4v) is 2.94. The minimum Gasteiger partial charge on any atom is -0.444 e. The zero-order chi connectivity index (χ0) is 16.6. The predicted octanol–water partition coefficient (Wildman–Crippen LogP) is 1.11. The highest BCUT2D eigenvalue weighted by atomic mass is 32.2. The van der Waals surface area contributed by atoms with Crippen LogP contribution in [0.4, 0.5) is 4.79 Å². The molecule has 0 radical (unpaired) electrons. The summed E-state index contributed by atoms with van der Waals surface area (Å²) in [6.07, 6.45) is -0.0731. The number of carbonyl (C=O) groups is 1. The van der Waals surface area contributed by atoms with Gasteiger partial charge >= 0.3 is 6.09 Å². The molecule has 1 aliphatic rings. The lowest BCUT2D eigenvalue weighted by atomic mass is 9.96. The normalized spacial score (nSPS) is 24.2. The summed E-state index contributed by atoms with van der Waals surface area (Å²) in [4.78, 5) is 13.6. The zero-order valence-electron chi connectivity index (χ0n) is 13.4. The highest BCUT2D eigenvalue weighted by Crippen LogP contribution is 2.30. The molecule has 0 bridgehead atoms. The summed E-state index contributed by atoms with van der Waals surface area (Å²) in [6, 6.07) is -0.570. The Bertz CT molecular complexity index is 488. The number of likely N-dealkylation sites (tertiary alicyclic amines) is 1. The van der Waals surface area contributed by atoms with Gasteiger partial charge in [0, 0.05) is 6.42 Å². The lowest BCUT2D eigenvalue weighted by Crippen LogP contribution is -2.49. The first-order chi connectivity index (χ1) is 9.19. The molecule has 0 saturated carbocycles. The second-order valence-electron chi connectivity index (χ2n) is 6.96. The molecule has 0 aromatic rings. The first-order valence-corrected chi connectivity index (χ1v) is 8.61. The highest BCUT2D eigenvalue weighted by Gasteiger charge is 2.45. The summed E-state index contributed by atoms with van der Waals surface area (Å²) >= 11 is 0. The van der Waals surface area contributed by atoms with Crippen LogP contribution < -0.4 is 0 Å². The van der Waals surface area contributed by atoms with Crippen molar-refractivity contribution in [2.24, 2.45) is 0 Å². The SMILES string of the molecule is CC(C)(C)OC(=O)N1C[C@H](OS(C)(=O)=O)C[C@H]1C(C)(C)O. The topological polar surface area (TPSA) is 93.1 Å². The number of nitrogens with zero attached hydrogens (tertiary/aromatic N) is 1. The van der Waals surface area contributed by atoms with Gasteiger partial charge in [0.05, 0.1) is 30.5 Å². The molecule has 0 aliphatic carbocycles. The van der Waals surface area contributed by atoms with E-state index in [0.717, 1.165) is 6.26 Å². The van der Waals surface area contributed by atoms with E-state index < -0.39 is 39.6 Å². The van der Waals surface area contributed by atoms with Crippen LogP contribution in [0.5, 0.6) is 0 Å². The average Bonchev–Trinajstić information content (AvgIpc) is 2.55. The van der Waals surface area contributed by atoms with Crippen LogP contribution in [0.2, 0.25) is 0 Å². The van der Waals surface area contributed by atoms with Gasteiger partial charge in [-0.15, -0.1) is 0 Å². The third kappa shape index (κ3) is 5.80. The largest absolute Gasteiger partial charge is 0.444 e. The van der Waals surface area contributed by atoms with E-state index in [2.05, 4.69) is 0 Å². The molecule has 0 unspecified atom stereocenters. The van der Waals surface area contributed by atoms with Crippen molar-refractivity contribution in [1.82, 2.24) is 4.90 Å².